The van der Waals surface area contributed by atoms with Crippen molar-refractivity contribution in [3.8, 4) is 5.75 Å². The Hall–Kier alpha value is -2.63. The van der Waals surface area contributed by atoms with E-state index >= 15 is 0 Å². The van der Waals surface area contributed by atoms with Crippen molar-refractivity contribution in [2.24, 2.45) is 0 Å². The summed E-state index contributed by atoms with van der Waals surface area (Å²) in [5.41, 5.74) is 1.20. The van der Waals surface area contributed by atoms with Crippen molar-refractivity contribution >= 4 is 11.5 Å². The van der Waals surface area contributed by atoms with Crippen LogP contribution < -0.4 is 10.1 Å². The summed E-state index contributed by atoms with van der Waals surface area (Å²) < 4.78 is 5.62. The van der Waals surface area contributed by atoms with E-state index in [0.717, 1.165) is 18.6 Å². The molecule has 0 amide bonds. The topological polar surface area (TPSA) is 77.3 Å². The summed E-state index contributed by atoms with van der Waals surface area (Å²) in [7, 11) is 0. The molecule has 1 aromatic carbocycles. The van der Waals surface area contributed by atoms with E-state index in [0.29, 0.717) is 5.82 Å². The summed E-state index contributed by atoms with van der Waals surface area (Å²) in [6, 6.07) is 11.1. The number of ether oxygens (including phenoxy) is 1. The number of nitrogens with zero attached hydrogens (tertiary/aromatic N) is 2. The van der Waals surface area contributed by atoms with Crippen molar-refractivity contribution in [3.63, 3.8) is 0 Å². The molecule has 0 saturated heterocycles. The van der Waals surface area contributed by atoms with Gasteiger partial charge in [0.1, 0.15) is 5.75 Å². The van der Waals surface area contributed by atoms with Crippen molar-refractivity contribution in [2.45, 2.75) is 45.8 Å². The molecule has 1 atom stereocenters. The zero-order valence-electron chi connectivity index (χ0n) is 14.2. The van der Waals surface area contributed by atoms with Crippen molar-refractivity contribution in [3.05, 3.63) is 58.3 Å². The zero-order valence-corrected chi connectivity index (χ0v) is 14.2. The average molecular weight is 329 g/mol. The molecule has 0 saturated carbocycles. The van der Waals surface area contributed by atoms with Gasteiger partial charge < -0.3 is 10.1 Å². The van der Waals surface area contributed by atoms with Gasteiger partial charge in [-0.15, -0.1) is 0 Å². The molecule has 0 bridgehead atoms. The number of aromatic nitrogens is 1. The summed E-state index contributed by atoms with van der Waals surface area (Å²) in [6.07, 6.45) is 3.43. The minimum absolute atomic E-state index is 0.000429. The zero-order chi connectivity index (χ0) is 17.5. The summed E-state index contributed by atoms with van der Waals surface area (Å²) >= 11 is 0. The minimum Gasteiger partial charge on any atom is -0.491 e. The molecule has 0 unspecified atom stereocenters. The fourth-order valence-corrected chi connectivity index (χ4v) is 2.35. The fourth-order valence-electron chi connectivity index (χ4n) is 2.35. The number of hydrogen-bond acceptors (Lipinski definition) is 5. The van der Waals surface area contributed by atoms with Crippen LogP contribution in [-0.4, -0.2) is 22.1 Å². The van der Waals surface area contributed by atoms with Crippen LogP contribution in [0.1, 0.15) is 32.8 Å². The number of hydrogen-bond donors (Lipinski definition) is 1. The van der Waals surface area contributed by atoms with E-state index in [-0.39, 0.29) is 17.8 Å². The van der Waals surface area contributed by atoms with Crippen LogP contribution in [0.25, 0.3) is 0 Å². The molecule has 1 heterocycles. The van der Waals surface area contributed by atoms with Crippen molar-refractivity contribution < 1.29 is 9.66 Å². The molecule has 0 aliphatic carbocycles. The fraction of sp³-hybridized carbons (Fsp3) is 0.389. The van der Waals surface area contributed by atoms with Gasteiger partial charge in [-0.05, 0) is 57.4 Å². The molecule has 1 aromatic heterocycles. The first-order chi connectivity index (χ1) is 11.5. The monoisotopic (exact) mass is 329 g/mol. The number of nitro groups is 1. The molecule has 2 aromatic rings. The maximum Gasteiger partial charge on any atom is 0.311 e. The number of aryl methyl sites for hydroxylation is 1. The van der Waals surface area contributed by atoms with E-state index in [1.165, 1.54) is 11.6 Å². The van der Waals surface area contributed by atoms with Crippen LogP contribution in [-0.2, 0) is 6.42 Å². The molecule has 0 aliphatic rings. The molecular formula is C18H23N3O3. The number of anilines is 1. The summed E-state index contributed by atoms with van der Waals surface area (Å²) in [6.45, 7) is 5.99. The molecule has 6 nitrogen and oxygen atoms in total. The van der Waals surface area contributed by atoms with Crippen molar-refractivity contribution in [2.75, 3.05) is 5.32 Å². The molecule has 24 heavy (non-hydrogen) atoms. The Bertz CT molecular complexity index is 671. The highest BCUT2D eigenvalue weighted by atomic mass is 16.6. The first-order valence-electron chi connectivity index (χ1n) is 8.07. The van der Waals surface area contributed by atoms with Gasteiger partial charge in [-0.2, -0.15) is 0 Å². The predicted octanol–water partition coefficient (Wildman–Crippen LogP) is 4.21. The Morgan fingerprint density at radius 2 is 1.92 bits per heavy atom. The third kappa shape index (κ3) is 5.22. The van der Waals surface area contributed by atoms with Crippen molar-refractivity contribution in [1.29, 1.82) is 0 Å². The third-order valence-electron chi connectivity index (χ3n) is 3.53. The third-order valence-corrected chi connectivity index (χ3v) is 3.53. The minimum atomic E-state index is -0.421. The molecule has 0 radical (unpaired) electrons. The van der Waals surface area contributed by atoms with Gasteiger partial charge in [0.25, 0.3) is 0 Å². The molecule has 0 spiro atoms. The molecule has 6 heteroatoms. The molecule has 128 valence electrons. The van der Waals surface area contributed by atoms with E-state index in [2.05, 4.69) is 10.3 Å². The van der Waals surface area contributed by atoms with E-state index in [1.807, 2.05) is 45.0 Å². The normalized spacial score (nSPS) is 12.0. The van der Waals surface area contributed by atoms with Gasteiger partial charge in [0.2, 0.25) is 5.82 Å². The molecule has 2 rings (SSSR count). The van der Waals surface area contributed by atoms with Gasteiger partial charge in [0.05, 0.1) is 11.0 Å². The maximum absolute atomic E-state index is 11.0. The Morgan fingerprint density at radius 1 is 1.21 bits per heavy atom. The SMILES string of the molecule is CC(C)Oc1ccc(CC[C@@H](C)Nc2ncccc2[N+](=O)[O-])cc1. The number of nitrogens with one attached hydrogen (secondary N) is 1. The van der Waals surface area contributed by atoms with E-state index in [4.69, 9.17) is 4.74 Å². The van der Waals surface area contributed by atoms with Gasteiger partial charge in [0, 0.05) is 18.3 Å². The van der Waals surface area contributed by atoms with Crippen LogP contribution >= 0.6 is 0 Å². The van der Waals surface area contributed by atoms with E-state index < -0.39 is 4.92 Å². The Balaban J connectivity index is 1.89. The van der Waals surface area contributed by atoms with E-state index in [9.17, 15) is 10.1 Å². The standard InChI is InChI=1S/C18H23N3O3/c1-13(2)24-16-10-8-15(9-11-16)7-6-14(3)20-18-17(21(22)23)5-4-12-19-18/h4-5,8-14H,6-7H2,1-3H3,(H,19,20)/t14-/m1/s1. The highest BCUT2D eigenvalue weighted by Crippen LogP contribution is 2.22. The second-order valence-electron chi connectivity index (χ2n) is 6.02. The summed E-state index contributed by atoms with van der Waals surface area (Å²) in [5.74, 6) is 1.18. The number of benzene rings is 1. The van der Waals surface area contributed by atoms with E-state index in [1.54, 1.807) is 12.3 Å². The van der Waals surface area contributed by atoms with Crippen LogP contribution in [0.2, 0.25) is 0 Å². The second-order valence-corrected chi connectivity index (χ2v) is 6.02. The predicted molar refractivity (Wildman–Crippen MR) is 94.5 cm³/mol. The van der Waals surface area contributed by atoms with Crippen LogP contribution in [0.15, 0.2) is 42.6 Å². The highest BCUT2D eigenvalue weighted by molar-refractivity contribution is 5.55. The molecule has 1 N–H and O–H groups in total. The van der Waals surface area contributed by atoms with Crippen molar-refractivity contribution in [1.82, 2.24) is 4.98 Å². The van der Waals surface area contributed by atoms with Gasteiger partial charge in [-0.3, -0.25) is 10.1 Å². The lowest BCUT2D eigenvalue weighted by atomic mass is 10.1. The van der Waals surface area contributed by atoms with Gasteiger partial charge in [-0.25, -0.2) is 4.98 Å². The lowest BCUT2D eigenvalue weighted by molar-refractivity contribution is -0.384. The Kier molecular flexibility index (Phi) is 6.12. The second kappa shape index (κ2) is 8.29. The summed E-state index contributed by atoms with van der Waals surface area (Å²) in [5, 5.41) is 14.1. The number of rotatable bonds is 8. The van der Waals surface area contributed by atoms with Crippen LogP contribution in [0.5, 0.6) is 5.75 Å². The van der Waals surface area contributed by atoms with Gasteiger partial charge in [0.15, 0.2) is 0 Å². The quantitative estimate of drug-likeness (QED) is 0.580. The molecule has 0 aliphatic heterocycles. The number of pyridine rings is 1. The van der Waals surface area contributed by atoms with Crippen LogP contribution in [0.4, 0.5) is 11.5 Å². The largest absolute Gasteiger partial charge is 0.491 e. The van der Waals surface area contributed by atoms with Crippen LogP contribution in [0, 0.1) is 10.1 Å². The maximum atomic E-state index is 11.0. The van der Waals surface area contributed by atoms with Gasteiger partial charge in [-0.1, -0.05) is 12.1 Å². The Morgan fingerprint density at radius 3 is 2.54 bits per heavy atom. The lowest BCUT2D eigenvalue weighted by Gasteiger charge is -2.15. The smallest absolute Gasteiger partial charge is 0.311 e. The molecule has 0 fully saturated rings. The lowest BCUT2D eigenvalue weighted by Crippen LogP contribution is -2.17. The molecular weight excluding hydrogens is 306 g/mol. The Labute approximate surface area is 142 Å². The first kappa shape index (κ1) is 17.7. The van der Waals surface area contributed by atoms with Gasteiger partial charge >= 0.3 is 5.69 Å². The highest BCUT2D eigenvalue weighted by Gasteiger charge is 2.15. The van der Waals surface area contributed by atoms with Crippen LogP contribution in [0.3, 0.4) is 0 Å². The summed E-state index contributed by atoms with van der Waals surface area (Å²) in [4.78, 5) is 14.6. The average Bonchev–Trinajstić information content (AvgIpc) is 2.54. The first-order valence-corrected chi connectivity index (χ1v) is 8.07.